The molecule has 0 atom stereocenters. The number of fused-ring (bicyclic) bond motifs is 1. The molecule has 0 unspecified atom stereocenters. The van der Waals surface area contributed by atoms with Crippen molar-refractivity contribution in [1.29, 1.82) is 0 Å². The van der Waals surface area contributed by atoms with E-state index >= 15 is 0 Å². The number of allylic oxidation sites excluding steroid dienone is 1. The van der Waals surface area contributed by atoms with Crippen LogP contribution in [0.5, 0.6) is 11.5 Å². The molecule has 0 saturated heterocycles. The Bertz CT molecular complexity index is 727. The molecule has 2 aromatic carbocycles. The topological polar surface area (TPSA) is 61.5 Å². The molecule has 1 aliphatic carbocycles. The van der Waals surface area contributed by atoms with E-state index in [0.29, 0.717) is 22.6 Å². The van der Waals surface area contributed by atoms with Crippen LogP contribution in [0.3, 0.4) is 0 Å². The molecule has 23 heavy (non-hydrogen) atoms. The summed E-state index contributed by atoms with van der Waals surface area (Å²) in [5, 5.41) is 0. The van der Waals surface area contributed by atoms with Gasteiger partial charge in [0.25, 0.3) is 0 Å². The van der Waals surface area contributed by atoms with Crippen LogP contribution in [0.4, 0.5) is 0 Å². The van der Waals surface area contributed by atoms with Gasteiger partial charge in [-0.1, -0.05) is 30.3 Å². The molecule has 0 aromatic heterocycles. The number of carbonyl (C=O) groups is 1. The third kappa shape index (κ3) is 3.06. The van der Waals surface area contributed by atoms with Gasteiger partial charge in [0.15, 0.2) is 17.8 Å². The molecule has 0 bridgehead atoms. The zero-order chi connectivity index (χ0) is 16.2. The Labute approximate surface area is 135 Å². The Morgan fingerprint density at radius 1 is 1.13 bits per heavy atom. The van der Waals surface area contributed by atoms with E-state index < -0.39 is 0 Å². The van der Waals surface area contributed by atoms with Crippen molar-refractivity contribution in [2.45, 2.75) is 18.9 Å². The highest BCUT2D eigenvalue weighted by atomic mass is 16.5. The Morgan fingerprint density at radius 2 is 1.83 bits per heavy atom. The fraction of sp³-hybridized carbons (Fsp3) is 0.211. The second-order valence-electron chi connectivity index (χ2n) is 5.52. The first-order chi connectivity index (χ1) is 11.2. The first-order valence-corrected chi connectivity index (χ1v) is 7.54. The fourth-order valence-electron chi connectivity index (χ4n) is 2.93. The number of hydrogen-bond donors (Lipinski definition) is 1. The van der Waals surface area contributed by atoms with Crippen LogP contribution in [-0.2, 0) is 17.6 Å². The van der Waals surface area contributed by atoms with Gasteiger partial charge in [0.05, 0.1) is 7.11 Å². The van der Waals surface area contributed by atoms with E-state index in [1.807, 2.05) is 12.1 Å². The van der Waals surface area contributed by atoms with Gasteiger partial charge in [-0.15, -0.1) is 0 Å². The van der Waals surface area contributed by atoms with Gasteiger partial charge in [-0.3, -0.25) is 4.79 Å². The molecule has 4 heteroatoms. The van der Waals surface area contributed by atoms with Crippen molar-refractivity contribution in [3.8, 4) is 11.5 Å². The summed E-state index contributed by atoms with van der Waals surface area (Å²) in [4.78, 5) is 11.1. The number of nitrogens with two attached hydrogens (primary N) is 1. The van der Waals surface area contributed by atoms with Crippen molar-refractivity contribution in [2.24, 2.45) is 5.73 Å². The monoisotopic (exact) mass is 309 g/mol. The Morgan fingerprint density at radius 3 is 2.39 bits per heavy atom. The SMILES string of the molecule is COc1ccc(/C(C=O)=C\N)cc1OC1Cc2ccccc2C1. The van der Waals surface area contributed by atoms with Gasteiger partial charge in [0, 0.05) is 24.6 Å². The number of carbonyl (C=O) groups excluding carboxylic acids is 1. The highest BCUT2D eigenvalue weighted by Gasteiger charge is 2.23. The van der Waals surface area contributed by atoms with E-state index in [2.05, 4.69) is 12.1 Å². The van der Waals surface area contributed by atoms with Crippen molar-refractivity contribution < 1.29 is 14.3 Å². The third-order valence-electron chi connectivity index (χ3n) is 4.11. The molecule has 0 heterocycles. The summed E-state index contributed by atoms with van der Waals surface area (Å²) in [7, 11) is 1.60. The molecular weight excluding hydrogens is 290 g/mol. The van der Waals surface area contributed by atoms with Crippen LogP contribution in [0, 0.1) is 0 Å². The minimum atomic E-state index is 0.0677. The molecule has 0 radical (unpaired) electrons. The van der Waals surface area contributed by atoms with E-state index in [1.165, 1.54) is 17.3 Å². The predicted molar refractivity (Wildman–Crippen MR) is 89.5 cm³/mol. The second-order valence-corrected chi connectivity index (χ2v) is 5.52. The van der Waals surface area contributed by atoms with Crippen molar-refractivity contribution in [3.63, 3.8) is 0 Å². The average Bonchev–Trinajstić information content (AvgIpc) is 2.98. The van der Waals surface area contributed by atoms with Crippen molar-refractivity contribution in [1.82, 2.24) is 0 Å². The summed E-state index contributed by atoms with van der Waals surface area (Å²) in [6.07, 6.45) is 3.84. The molecule has 0 spiro atoms. The minimum absolute atomic E-state index is 0.0677. The number of methoxy groups -OCH3 is 1. The smallest absolute Gasteiger partial charge is 0.162 e. The van der Waals surface area contributed by atoms with Crippen LogP contribution >= 0.6 is 0 Å². The van der Waals surface area contributed by atoms with Crippen molar-refractivity contribution in [2.75, 3.05) is 7.11 Å². The fourth-order valence-corrected chi connectivity index (χ4v) is 2.93. The summed E-state index contributed by atoms with van der Waals surface area (Å²) in [5.74, 6) is 1.27. The number of ether oxygens (including phenoxy) is 2. The molecule has 118 valence electrons. The largest absolute Gasteiger partial charge is 0.493 e. The molecule has 1 aliphatic rings. The number of rotatable bonds is 5. The maximum absolute atomic E-state index is 11.1. The van der Waals surface area contributed by atoms with Gasteiger partial charge in [-0.2, -0.15) is 0 Å². The molecule has 3 rings (SSSR count). The lowest BCUT2D eigenvalue weighted by Crippen LogP contribution is -2.17. The molecule has 0 amide bonds. The maximum Gasteiger partial charge on any atom is 0.162 e. The Hall–Kier alpha value is -2.75. The van der Waals surface area contributed by atoms with Crippen LogP contribution in [0.25, 0.3) is 5.57 Å². The van der Waals surface area contributed by atoms with Crippen molar-refractivity contribution >= 4 is 11.9 Å². The van der Waals surface area contributed by atoms with Gasteiger partial charge < -0.3 is 15.2 Å². The lowest BCUT2D eigenvalue weighted by Gasteiger charge is -2.17. The summed E-state index contributed by atoms with van der Waals surface area (Å²) in [6, 6.07) is 13.7. The van der Waals surface area contributed by atoms with Crippen LogP contribution < -0.4 is 15.2 Å². The van der Waals surface area contributed by atoms with Crippen LogP contribution in [-0.4, -0.2) is 19.5 Å². The number of aldehydes is 1. The molecule has 2 N–H and O–H groups in total. The van der Waals surface area contributed by atoms with Crippen LogP contribution in [0.2, 0.25) is 0 Å². The summed E-state index contributed by atoms with van der Waals surface area (Å²) in [5.41, 5.74) is 9.28. The predicted octanol–water partition coefficient (Wildman–Crippen LogP) is 2.74. The van der Waals surface area contributed by atoms with E-state index in [4.69, 9.17) is 15.2 Å². The zero-order valence-electron chi connectivity index (χ0n) is 13.0. The summed E-state index contributed by atoms with van der Waals surface area (Å²) < 4.78 is 11.5. The number of hydrogen-bond acceptors (Lipinski definition) is 4. The van der Waals surface area contributed by atoms with E-state index in [9.17, 15) is 4.79 Å². The molecule has 2 aromatic rings. The molecule has 0 saturated carbocycles. The van der Waals surface area contributed by atoms with Crippen LogP contribution in [0.1, 0.15) is 16.7 Å². The van der Waals surface area contributed by atoms with E-state index in [0.717, 1.165) is 19.1 Å². The maximum atomic E-state index is 11.1. The van der Waals surface area contributed by atoms with Gasteiger partial charge in [-0.25, -0.2) is 0 Å². The lowest BCUT2D eigenvalue weighted by molar-refractivity contribution is -0.103. The Kier molecular flexibility index (Phi) is 4.33. The second kappa shape index (κ2) is 6.57. The highest BCUT2D eigenvalue weighted by molar-refractivity contribution is 6.06. The van der Waals surface area contributed by atoms with Gasteiger partial charge >= 0.3 is 0 Å². The van der Waals surface area contributed by atoms with Crippen LogP contribution in [0.15, 0.2) is 48.7 Å². The molecule has 0 fully saturated rings. The van der Waals surface area contributed by atoms with Gasteiger partial charge in [0.2, 0.25) is 0 Å². The number of benzene rings is 2. The lowest BCUT2D eigenvalue weighted by atomic mass is 10.1. The minimum Gasteiger partial charge on any atom is -0.493 e. The third-order valence-corrected chi connectivity index (χ3v) is 4.11. The molecule has 4 nitrogen and oxygen atoms in total. The first kappa shape index (κ1) is 15.2. The zero-order valence-corrected chi connectivity index (χ0v) is 13.0. The molecule has 0 aliphatic heterocycles. The van der Waals surface area contributed by atoms with Gasteiger partial charge in [-0.05, 0) is 28.8 Å². The van der Waals surface area contributed by atoms with Gasteiger partial charge in [0.1, 0.15) is 6.10 Å². The highest BCUT2D eigenvalue weighted by Crippen LogP contribution is 2.33. The molecular formula is C19H19NO3. The quantitative estimate of drug-likeness (QED) is 0.681. The van der Waals surface area contributed by atoms with Crippen molar-refractivity contribution in [3.05, 3.63) is 65.4 Å². The first-order valence-electron chi connectivity index (χ1n) is 7.54. The Balaban J connectivity index is 1.85. The average molecular weight is 309 g/mol. The summed E-state index contributed by atoms with van der Waals surface area (Å²) in [6.45, 7) is 0. The standard InChI is InChI=1S/C19H19NO3/c1-22-18-7-6-15(16(11-20)12-21)10-19(18)23-17-8-13-4-2-3-5-14(13)9-17/h2-7,10-12,17H,8-9,20H2,1H3/b16-11-. The van der Waals surface area contributed by atoms with E-state index in [1.54, 1.807) is 25.3 Å². The summed E-state index contributed by atoms with van der Waals surface area (Å²) >= 11 is 0. The van der Waals surface area contributed by atoms with E-state index in [-0.39, 0.29) is 6.10 Å². The normalized spacial score (nSPS) is 14.4.